The van der Waals surface area contributed by atoms with Gasteiger partial charge in [0.05, 0.1) is 0 Å². The Morgan fingerprint density at radius 2 is 0.736 bits per heavy atom. The molecule has 6 heterocycles. The molecule has 0 bridgehead atoms. The van der Waals surface area contributed by atoms with E-state index in [2.05, 4.69) is 16.0 Å². The van der Waals surface area contributed by atoms with Crippen molar-refractivity contribution < 1.29 is 101 Å². The van der Waals surface area contributed by atoms with Crippen LogP contribution in [0.3, 0.4) is 0 Å². The minimum absolute atomic E-state index is 0.0768. The molecule has 6 aliphatic heterocycles. The van der Waals surface area contributed by atoms with Gasteiger partial charge in [-0.25, -0.2) is 14.4 Å². The Morgan fingerprint density at radius 1 is 0.486 bits per heavy atom. The predicted molar refractivity (Wildman–Crippen MR) is 242 cm³/mol. The zero-order valence-corrected chi connectivity index (χ0v) is 40.3. The Hall–Kier alpha value is -7.47. The molecule has 0 aromatic heterocycles. The molecule has 27 nitrogen and oxygen atoms in total. The van der Waals surface area contributed by atoms with Gasteiger partial charge in [-0.05, 0) is 0 Å². The van der Waals surface area contributed by atoms with Crippen LogP contribution in [0.5, 0.6) is 17.2 Å². The molecule has 0 unspecified atom stereocenters. The van der Waals surface area contributed by atoms with Gasteiger partial charge in [-0.1, -0.05) is 0 Å². The van der Waals surface area contributed by atoms with Gasteiger partial charge in [-0.15, -0.1) is 35.3 Å². The molecule has 72 heavy (non-hydrogen) atoms. The number of carboxylic acid groups (broad SMARTS) is 3. The molecule has 6 N–H and O–H groups in total. The van der Waals surface area contributed by atoms with Crippen LogP contribution in [0.25, 0.3) is 0 Å². The molecule has 1 aromatic carbocycles. The fourth-order valence-corrected chi connectivity index (χ4v) is 11.8. The number of β-lactam (4-membered cyclic amide) rings is 3. The maximum atomic E-state index is 13.1. The number of carbonyl (C=O) groups excluding carboxylic acids is 9. The van der Waals surface area contributed by atoms with Crippen LogP contribution in [0.2, 0.25) is 0 Å². The number of esters is 3. The summed E-state index contributed by atoms with van der Waals surface area (Å²) in [6, 6.07) is 0.197. The third kappa shape index (κ3) is 11.2. The van der Waals surface area contributed by atoms with Crippen molar-refractivity contribution in [1.82, 2.24) is 30.7 Å². The van der Waals surface area contributed by atoms with Crippen molar-refractivity contribution in [3.63, 3.8) is 0 Å². The number of carbonyl (C=O) groups is 12. The quantitative estimate of drug-likeness (QED) is 0.0429. The van der Waals surface area contributed by atoms with E-state index in [1.807, 2.05) is 0 Å². The van der Waals surface area contributed by atoms with E-state index in [9.17, 15) is 72.9 Å². The first-order chi connectivity index (χ1) is 34.1. The van der Waals surface area contributed by atoms with Gasteiger partial charge in [0, 0.05) is 72.9 Å². The number of carboxylic acids is 3. The molecule has 0 saturated carbocycles. The number of amides is 6. The van der Waals surface area contributed by atoms with Crippen LogP contribution in [-0.4, -0.2) is 192 Å². The van der Waals surface area contributed by atoms with Crippen LogP contribution in [0.15, 0.2) is 52.0 Å². The van der Waals surface area contributed by atoms with Crippen molar-refractivity contribution in [3.05, 3.63) is 52.0 Å². The average Bonchev–Trinajstić information content (AvgIpc) is 3.33. The van der Waals surface area contributed by atoms with E-state index in [0.29, 0.717) is 0 Å². The third-order valence-corrected chi connectivity index (χ3v) is 15.0. The Kier molecular flexibility index (Phi) is 15.9. The highest BCUT2D eigenvalue weighted by atomic mass is 32.2. The van der Waals surface area contributed by atoms with Crippen molar-refractivity contribution in [3.8, 4) is 17.2 Å². The molecule has 0 aliphatic carbocycles. The zero-order chi connectivity index (χ0) is 52.3. The Balaban J connectivity index is 0.997. The van der Waals surface area contributed by atoms with Gasteiger partial charge in [0.2, 0.25) is 0 Å². The Morgan fingerprint density at radius 3 is 0.958 bits per heavy atom. The maximum Gasteiger partial charge on any atom is 0.352 e. The van der Waals surface area contributed by atoms with E-state index in [4.69, 9.17) is 28.4 Å². The molecule has 6 aliphatic rings. The molecular formula is C42H42N6O21S3. The van der Waals surface area contributed by atoms with Gasteiger partial charge in [-0.3, -0.25) is 57.9 Å². The van der Waals surface area contributed by atoms with E-state index < -0.39 is 125 Å². The summed E-state index contributed by atoms with van der Waals surface area (Å²) >= 11 is 3.39. The number of aliphatic carboxylic acids is 3. The zero-order valence-electron chi connectivity index (χ0n) is 37.8. The fraction of sp³-hybridized carbons (Fsp3) is 0.429. The van der Waals surface area contributed by atoms with Gasteiger partial charge < -0.3 is 59.7 Å². The van der Waals surface area contributed by atoms with E-state index in [-0.39, 0.29) is 88.1 Å². The molecule has 384 valence electrons. The number of rotatable bonds is 21. The molecular weight excluding hydrogens is 1020 g/mol. The Bertz CT molecular complexity index is 2380. The van der Waals surface area contributed by atoms with Crippen molar-refractivity contribution >= 4 is 107 Å². The lowest BCUT2D eigenvalue weighted by Gasteiger charge is -2.49. The molecule has 3 saturated heterocycles. The SMILES string of the molecule is CC(=O)OCC1=C(C(=O)O)N2C(=O)[C@@H](NC(=O)COc3cc(OCC(=O)N[C@@H]4C(=O)N5C(C(=O)O)=C(COC(C)=O)CS[C@H]45)cc(OCC(=O)N[C@@H]4C(=O)N5C(C(=O)O)=C(COC(C)=O)CS[C@H]45)c3)[C@H]2SC1. The van der Waals surface area contributed by atoms with Crippen molar-refractivity contribution in [2.24, 2.45) is 0 Å². The first kappa shape index (κ1) is 52.4. The highest BCUT2D eigenvalue weighted by Gasteiger charge is 2.56. The summed E-state index contributed by atoms with van der Waals surface area (Å²) in [5, 5.41) is 34.6. The van der Waals surface area contributed by atoms with Gasteiger partial charge >= 0.3 is 35.8 Å². The summed E-state index contributed by atoms with van der Waals surface area (Å²) in [7, 11) is 0. The van der Waals surface area contributed by atoms with Crippen molar-refractivity contribution in [1.29, 1.82) is 0 Å². The first-order valence-electron chi connectivity index (χ1n) is 21.2. The Labute approximate surface area is 418 Å². The monoisotopic (exact) mass is 1060 g/mol. The smallest absolute Gasteiger partial charge is 0.352 e. The lowest BCUT2D eigenvalue weighted by Crippen LogP contribution is -2.71. The number of nitrogens with one attached hydrogen (secondary N) is 3. The highest BCUT2D eigenvalue weighted by molar-refractivity contribution is 8.00. The summed E-state index contributed by atoms with van der Waals surface area (Å²) in [6.07, 6.45) is 0. The number of fused-ring (bicyclic) bond motifs is 3. The summed E-state index contributed by atoms with van der Waals surface area (Å²) < 4.78 is 31.8. The minimum Gasteiger partial charge on any atom is -0.484 e. The maximum absolute atomic E-state index is 13.1. The average molecular weight is 1060 g/mol. The number of benzene rings is 1. The van der Waals surface area contributed by atoms with E-state index in [1.54, 1.807) is 0 Å². The van der Waals surface area contributed by atoms with Gasteiger partial charge in [0.15, 0.2) is 19.8 Å². The van der Waals surface area contributed by atoms with E-state index in [0.717, 1.165) is 70.8 Å². The summed E-state index contributed by atoms with van der Waals surface area (Å²) in [5.74, 6) is -11.2. The second-order valence-corrected chi connectivity index (χ2v) is 19.3. The number of nitrogens with zero attached hydrogens (tertiary/aromatic N) is 3. The first-order valence-corrected chi connectivity index (χ1v) is 24.3. The standard InChI is InChI=1S/C42H42N6O21S3/c1-16(49)64-7-19-13-70-37-28(34(55)46(37)31(19)40(58)59)43-25(52)10-67-22-4-23(68-11-26(53)44-29-35(56)47-32(41(60)61)20(8-65-17(2)50)14-71-38(29)47)6-24(5-22)69-12-27(54)45-30-36(57)48-33(42(62)63)21(9-66-18(3)51)15-72-39(30)48/h4-6,28-30,37-39H,7-15H2,1-3H3,(H,43,52)(H,44,53)(H,45,54)(H,58,59)(H,60,61)(H,62,63)/t28-,29-,30-,37-,38-,39-/m1/s1. The van der Waals surface area contributed by atoms with E-state index in [1.165, 1.54) is 18.2 Å². The van der Waals surface area contributed by atoms with Crippen molar-refractivity contribution in [2.45, 2.75) is 55.0 Å². The lowest BCUT2D eigenvalue weighted by atomic mass is 10.0. The topological polar surface area (TPSA) is 367 Å². The summed E-state index contributed by atoms with van der Waals surface area (Å²) in [4.78, 5) is 152. The minimum atomic E-state index is -1.43. The number of hydrogen-bond acceptors (Lipinski definition) is 21. The number of hydrogen-bond donors (Lipinski definition) is 6. The molecule has 6 amide bonds. The number of thioether (sulfide) groups is 3. The predicted octanol–water partition coefficient (Wildman–Crippen LogP) is -2.27. The van der Waals surface area contributed by atoms with Crippen LogP contribution < -0.4 is 30.2 Å². The van der Waals surface area contributed by atoms with E-state index >= 15 is 0 Å². The largest absolute Gasteiger partial charge is 0.484 e. The summed E-state index contributed by atoms with van der Waals surface area (Å²) in [6.45, 7) is 0.151. The number of ether oxygens (including phenoxy) is 6. The third-order valence-electron chi connectivity index (χ3n) is 11.0. The highest BCUT2D eigenvalue weighted by Crippen LogP contribution is 2.43. The second-order valence-electron chi connectivity index (χ2n) is 16.0. The van der Waals surface area contributed by atoms with Gasteiger partial charge in [0.25, 0.3) is 35.4 Å². The van der Waals surface area contributed by atoms with Crippen LogP contribution in [-0.2, 0) is 71.7 Å². The molecule has 0 spiro atoms. The van der Waals surface area contributed by atoms with Crippen LogP contribution in [0, 0.1) is 0 Å². The normalized spacial score (nSPS) is 22.9. The van der Waals surface area contributed by atoms with Crippen LogP contribution in [0.4, 0.5) is 0 Å². The molecule has 0 radical (unpaired) electrons. The second kappa shape index (κ2) is 21.9. The fourth-order valence-electron chi connectivity index (χ4n) is 7.84. The van der Waals surface area contributed by atoms with Crippen LogP contribution >= 0.6 is 35.3 Å². The molecule has 6 atom stereocenters. The lowest BCUT2D eigenvalue weighted by molar-refractivity contribution is -0.151. The van der Waals surface area contributed by atoms with Crippen molar-refractivity contribution in [2.75, 3.05) is 56.9 Å². The van der Waals surface area contributed by atoms with Gasteiger partial charge in [0.1, 0.15) is 88.4 Å². The molecule has 1 aromatic rings. The summed E-state index contributed by atoms with van der Waals surface area (Å²) in [5.41, 5.74) is -0.539. The van der Waals surface area contributed by atoms with Gasteiger partial charge in [-0.2, -0.15) is 0 Å². The van der Waals surface area contributed by atoms with Crippen LogP contribution in [0.1, 0.15) is 20.8 Å². The molecule has 3 fully saturated rings. The molecule has 30 heteroatoms. The molecule has 7 rings (SSSR count).